The van der Waals surface area contributed by atoms with Gasteiger partial charge >= 0.3 is 0 Å². The van der Waals surface area contributed by atoms with Gasteiger partial charge in [0.15, 0.2) is 0 Å². The molecule has 0 radical (unpaired) electrons. The predicted molar refractivity (Wildman–Crippen MR) is 112 cm³/mol. The number of fused-ring (bicyclic) bond motifs is 1. The Bertz CT molecular complexity index is 1070. The van der Waals surface area contributed by atoms with Crippen LogP contribution in [0.15, 0.2) is 47.7 Å². The normalized spacial score (nSPS) is 17.1. The quantitative estimate of drug-likeness (QED) is 0.681. The molecule has 0 spiro atoms. The second-order valence-corrected chi connectivity index (χ2v) is 7.91. The lowest BCUT2D eigenvalue weighted by Gasteiger charge is -2.37. The van der Waals surface area contributed by atoms with Crippen LogP contribution in [0.3, 0.4) is 0 Å². The average molecular weight is 432 g/mol. The first kappa shape index (κ1) is 19.8. The molecule has 3 aromatic rings. The molecule has 0 amide bonds. The van der Waals surface area contributed by atoms with Crippen LogP contribution in [-0.4, -0.2) is 37.2 Å². The van der Waals surface area contributed by atoms with E-state index >= 15 is 0 Å². The van der Waals surface area contributed by atoms with E-state index in [1.807, 2.05) is 11.8 Å². The lowest BCUT2D eigenvalue weighted by atomic mass is 10.1. The van der Waals surface area contributed by atoms with Gasteiger partial charge in [-0.3, -0.25) is 9.36 Å². The summed E-state index contributed by atoms with van der Waals surface area (Å²) >= 11 is 12.2. The van der Waals surface area contributed by atoms with Crippen molar-refractivity contribution in [1.29, 1.82) is 0 Å². The molecule has 2 atom stereocenters. The van der Waals surface area contributed by atoms with Crippen LogP contribution in [0.1, 0.15) is 25.0 Å². The molecular formula is C20H19Cl2N5O2. The molecule has 7 nitrogen and oxygen atoms in total. The zero-order valence-corrected chi connectivity index (χ0v) is 17.2. The molecule has 0 aliphatic carbocycles. The number of aliphatic hydroxyl groups excluding tert-OH is 1. The highest BCUT2D eigenvalue weighted by Crippen LogP contribution is 2.29. The Morgan fingerprint density at radius 1 is 1.21 bits per heavy atom. The highest BCUT2D eigenvalue weighted by molar-refractivity contribution is 6.34. The molecule has 4 rings (SSSR count). The van der Waals surface area contributed by atoms with Gasteiger partial charge in [-0.1, -0.05) is 23.2 Å². The van der Waals surface area contributed by atoms with Crippen LogP contribution in [0.4, 0.5) is 5.95 Å². The Balaban J connectivity index is 1.72. The Hall–Kier alpha value is -2.48. The summed E-state index contributed by atoms with van der Waals surface area (Å²) in [4.78, 5) is 27.4. The Labute approximate surface area is 177 Å². The van der Waals surface area contributed by atoms with Crippen LogP contribution in [-0.2, 0) is 6.54 Å². The van der Waals surface area contributed by atoms with Crippen molar-refractivity contribution in [1.82, 2.24) is 19.5 Å². The van der Waals surface area contributed by atoms with Gasteiger partial charge in [-0.2, -0.15) is 0 Å². The predicted octanol–water partition coefficient (Wildman–Crippen LogP) is 3.34. The summed E-state index contributed by atoms with van der Waals surface area (Å²) in [5.41, 5.74) is 1.51. The van der Waals surface area contributed by atoms with Crippen molar-refractivity contribution in [3.63, 3.8) is 0 Å². The summed E-state index contributed by atoms with van der Waals surface area (Å²) in [6.45, 7) is 2.87. The molecule has 0 saturated heterocycles. The zero-order chi connectivity index (χ0) is 20.5. The van der Waals surface area contributed by atoms with Gasteiger partial charge in [0.25, 0.3) is 5.56 Å². The van der Waals surface area contributed by atoms with Crippen molar-refractivity contribution < 1.29 is 5.11 Å². The second-order valence-electron chi connectivity index (χ2n) is 7.03. The summed E-state index contributed by atoms with van der Waals surface area (Å²) in [5, 5.41) is 11.7. The summed E-state index contributed by atoms with van der Waals surface area (Å²) in [6, 6.07) is 8.26. The third-order valence-electron chi connectivity index (χ3n) is 5.03. The molecule has 2 unspecified atom stereocenters. The number of benzene rings is 1. The first-order chi connectivity index (χ1) is 13.9. The van der Waals surface area contributed by atoms with Crippen molar-refractivity contribution >= 4 is 29.2 Å². The topological polar surface area (TPSA) is 84.1 Å². The van der Waals surface area contributed by atoms with Gasteiger partial charge in [0.05, 0.1) is 24.0 Å². The molecule has 1 aromatic carbocycles. The van der Waals surface area contributed by atoms with Crippen LogP contribution >= 0.6 is 23.2 Å². The highest BCUT2D eigenvalue weighted by Gasteiger charge is 2.28. The third kappa shape index (κ3) is 4.12. The number of hydrogen-bond donors (Lipinski definition) is 1. The average Bonchev–Trinajstić information content (AvgIpc) is 2.70. The van der Waals surface area contributed by atoms with E-state index < -0.39 is 6.10 Å². The first-order valence-electron chi connectivity index (χ1n) is 9.21. The van der Waals surface area contributed by atoms with Crippen LogP contribution in [0.25, 0.3) is 11.4 Å². The monoisotopic (exact) mass is 431 g/mol. The van der Waals surface area contributed by atoms with Gasteiger partial charge in [-0.05, 0) is 43.2 Å². The summed E-state index contributed by atoms with van der Waals surface area (Å²) in [7, 11) is 0. The molecule has 0 fully saturated rings. The largest absolute Gasteiger partial charge is 0.387 e. The number of aromatic nitrogens is 4. The first-order valence-corrected chi connectivity index (χ1v) is 9.97. The number of hydrogen-bond acceptors (Lipinski definition) is 6. The Morgan fingerprint density at radius 3 is 2.66 bits per heavy atom. The van der Waals surface area contributed by atoms with Gasteiger partial charge in [-0.15, -0.1) is 0 Å². The van der Waals surface area contributed by atoms with Crippen LogP contribution < -0.4 is 10.5 Å². The van der Waals surface area contributed by atoms with Crippen molar-refractivity contribution in [2.45, 2.75) is 32.0 Å². The van der Waals surface area contributed by atoms with Gasteiger partial charge in [0, 0.05) is 34.9 Å². The van der Waals surface area contributed by atoms with Gasteiger partial charge < -0.3 is 10.0 Å². The van der Waals surface area contributed by atoms with E-state index in [9.17, 15) is 9.90 Å². The maximum Gasteiger partial charge on any atom is 0.255 e. The van der Waals surface area contributed by atoms with Crippen molar-refractivity contribution in [2.75, 3.05) is 11.4 Å². The van der Waals surface area contributed by atoms with Crippen molar-refractivity contribution in [3.8, 4) is 11.4 Å². The highest BCUT2D eigenvalue weighted by atomic mass is 35.5. The van der Waals surface area contributed by atoms with E-state index in [1.54, 1.807) is 35.0 Å². The second kappa shape index (κ2) is 8.10. The van der Waals surface area contributed by atoms with E-state index in [-0.39, 0.29) is 18.1 Å². The maximum atomic E-state index is 12.7. The minimum absolute atomic E-state index is 0.0897. The van der Waals surface area contributed by atoms with E-state index in [4.69, 9.17) is 28.2 Å². The van der Waals surface area contributed by atoms with Crippen molar-refractivity contribution in [3.05, 3.63) is 68.8 Å². The smallest absolute Gasteiger partial charge is 0.255 e. The molecule has 3 heterocycles. The number of rotatable bonds is 4. The molecule has 1 aliphatic heterocycles. The molecule has 150 valence electrons. The third-order valence-corrected chi connectivity index (χ3v) is 5.47. The number of aliphatic hydroxyl groups is 1. The van der Waals surface area contributed by atoms with Gasteiger partial charge in [-0.25, -0.2) is 15.0 Å². The molecule has 0 bridgehead atoms. The van der Waals surface area contributed by atoms with Gasteiger partial charge in [0.2, 0.25) is 5.95 Å². The van der Waals surface area contributed by atoms with E-state index in [2.05, 4.69) is 9.97 Å². The number of anilines is 1. The fourth-order valence-electron chi connectivity index (χ4n) is 3.49. The fourth-order valence-corrected chi connectivity index (χ4v) is 4.03. The van der Waals surface area contributed by atoms with E-state index in [0.29, 0.717) is 39.5 Å². The Morgan fingerprint density at radius 2 is 1.97 bits per heavy atom. The molecule has 29 heavy (non-hydrogen) atoms. The fraction of sp³-hybridized carbons (Fsp3) is 0.300. The van der Waals surface area contributed by atoms with Crippen LogP contribution in [0.2, 0.25) is 10.0 Å². The van der Waals surface area contributed by atoms with E-state index in [1.165, 1.54) is 12.4 Å². The lowest BCUT2D eigenvalue weighted by Crippen LogP contribution is -2.45. The molecule has 2 aromatic heterocycles. The lowest BCUT2D eigenvalue weighted by molar-refractivity contribution is 0.177. The molecule has 1 aliphatic rings. The maximum absolute atomic E-state index is 12.7. The van der Waals surface area contributed by atoms with Crippen LogP contribution in [0, 0.1) is 0 Å². The standard InChI is InChI=1S/C20H19Cl2N5O2/c1-12-3-5-26-19(29)9-17(16-2-4-23-11-24-16)25-20(26)27(12)10-18(28)13-6-14(21)8-15(22)7-13/h2,4,6-9,11-12,18,28H,3,5,10H2,1H3. The number of β-amino-alcohol motifs (C(OH)–C–C–N with tert-alkyl or cyclic N) is 1. The minimum atomic E-state index is -0.847. The van der Waals surface area contributed by atoms with Gasteiger partial charge in [0.1, 0.15) is 6.33 Å². The SMILES string of the molecule is CC1CCn2c(nc(-c3ccncn3)cc2=O)N1CC(O)c1cc(Cl)cc(Cl)c1. The summed E-state index contributed by atoms with van der Waals surface area (Å²) < 4.78 is 1.63. The summed E-state index contributed by atoms with van der Waals surface area (Å²) in [6.07, 6.45) is 2.94. The van der Waals surface area contributed by atoms with E-state index in [0.717, 1.165) is 6.42 Å². The Kier molecular flexibility index (Phi) is 5.54. The molecule has 9 heteroatoms. The molecule has 1 N–H and O–H groups in total. The summed E-state index contributed by atoms with van der Waals surface area (Å²) in [5.74, 6) is 0.511. The van der Waals surface area contributed by atoms with Crippen LogP contribution in [0.5, 0.6) is 0 Å². The number of nitrogens with zero attached hydrogens (tertiary/aromatic N) is 5. The number of halogens is 2. The molecular weight excluding hydrogens is 413 g/mol. The van der Waals surface area contributed by atoms with Crippen molar-refractivity contribution in [2.24, 2.45) is 0 Å². The minimum Gasteiger partial charge on any atom is -0.387 e. The molecule has 0 saturated carbocycles. The zero-order valence-electron chi connectivity index (χ0n) is 15.7.